The normalized spacial score (nSPS) is 22.7. The molecule has 3 rings (SSSR count). The number of carbonyl (C=O) groups excluding carboxylic acids is 3. The van der Waals surface area contributed by atoms with Gasteiger partial charge in [0.15, 0.2) is 0 Å². The number of urea groups is 2. The fourth-order valence-electron chi connectivity index (χ4n) is 2.81. The Hall–Kier alpha value is -2.81. The molecule has 2 atom stereocenters. The second kappa shape index (κ2) is 6.13. The van der Waals surface area contributed by atoms with Gasteiger partial charge in [-0.1, -0.05) is 18.2 Å². The predicted molar refractivity (Wildman–Crippen MR) is 79.3 cm³/mol. The second-order valence-electron chi connectivity index (χ2n) is 5.46. The monoisotopic (exact) mass is 319 g/mol. The molecule has 0 unspecified atom stereocenters. The van der Waals surface area contributed by atoms with E-state index in [4.69, 9.17) is 0 Å². The highest BCUT2D eigenvalue weighted by atomic mass is 16.5. The van der Waals surface area contributed by atoms with Crippen molar-refractivity contribution in [3.05, 3.63) is 30.3 Å². The lowest BCUT2D eigenvalue weighted by molar-refractivity contribution is -0.126. The maximum absolute atomic E-state index is 12.1. The van der Waals surface area contributed by atoms with Gasteiger partial charge in [0.1, 0.15) is 6.04 Å². The van der Waals surface area contributed by atoms with Crippen LogP contribution >= 0.6 is 0 Å². The first-order valence-electron chi connectivity index (χ1n) is 7.27. The van der Waals surface area contributed by atoms with Crippen LogP contribution in [0, 0.1) is 0 Å². The van der Waals surface area contributed by atoms with Gasteiger partial charge in [-0.05, 0) is 25.0 Å². The van der Waals surface area contributed by atoms with Gasteiger partial charge in [0, 0.05) is 12.2 Å². The number of piperidine rings is 1. The molecule has 2 bridgehead atoms. The van der Waals surface area contributed by atoms with Crippen molar-refractivity contribution in [1.82, 2.24) is 20.8 Å². The number of benzene rings is 1. The molecule has 0 aliphatic carbocycles. The van der Waals surface area contributed by atoms with Gasteiger partial charge in [0.25, 0.3) is 5.91 Å². The van der Waals surface area contributed by atoms with Crippen molar-refractivity contribution in [2.24, 2.45) is 0 Å². The van der Waals surface area contributed by atoms with Crippen molar-refractivity contribution in [2.75, 3.05) is 11.9 Å². The quantitative estimate of drug-likeness (QED) is 0.469. The molecule has 5 amide bonds. The van der Waals surface area contributed by atoms with Crippen LogP contribution in [0.5, 0.6) is 0 Å². The Morgan fingerprint density at radius 3 is 2.61 bits per heavy atom. The van der Waals surface area contributed by atoms with E-state index in [-0.39, 0.29) is 6.04 Å². The summed E-state index contributed by atoms with van der Waals surface area (Å²) in [5.41, 5.74) is 5.13. The minimum absolute atomic E-state index is 0.263. The minimum atomic E-state index is -0.701. The van der Waals surface area contributed by atoms with E-state index >= 15 is 0 Å². The van der Waals surface area contributed by atoms with Gasteiger partial charge >= 0.3 is 12.1 Å². The molecule has 9 nitrogen and oxygen atoms in total. The molecule has 0 spiro atoms. The van der Waals surface area contributed by atoms with E-state index in [1.165, 1.54) is 4.90 Å². The Balaban J connectivity index is 1.51. The SMILES string of the molecule is O=C(NNC(=O)[C@@H]1CC[C@@H]2CN1C(=O)N2O)Nc1ccccc1. The number of hydroxylamine groups is 2. The van der Waals surface area contributed by atoms with E-state index in [9.17, 15) is 19.6 Å². The summed E-state index contributed by atoms with van der Waals surface area (Å²) in [6.07, 6.45) is 0.967. The molecule has 2 fully saturated rings. The van der Waals surface area contributed by atoms with Crippen LogP contribution in [0.3, 0.4) is 0 Å². The van der Waals surface area contributed by atoms with Crippen molar-refractivity contribution in [1.29, 1.82) is 0 Å². The molecule has 2 aliphatic heterocycles. The molecular formula is C14H17N5O4. The van der Waals surface area contributed by atoms with Crippen molar-refractivity contribution >= 4 is 23.7 Å². The largest absolute Gasteiger partial charge is 0.344 e. The number of hydrazine groups is 1. The lowest BCUT2D eigenvalue weighted by Gasteiger charge is -2.29. The number of fused-ring (bicyclic) bond motifs is 2. The molecule has 0 aromatic heterocycles. The van der Waals surface area contributed by atoms with E-state index in [2.05, 4.69) is 16.2 Å². The van der Waals surface area contributed by atoms with E-state index in [1.807, 2.05) is 6.07 Å². The molecule has 9 heteroatoms. The Morgan fingerprint density at radius 2 is 1.87 bits per heavy atom. The van der Waals surface area contributed by atoms with Crippen LogP contribution in [0.2, 0.25) is 0 Å². The summed E-state index contributed by atoms with van der Waals surface area (Å²) in [6.45, 7) is 0.309. The number of hydrogen-bond donors (Lipinski definition) is 4. The van der Waals surface area contributed by atoms with Crippen LogP contribution in [-0.4, -0.2) is 51.8 Å². The second-order valence-corrected chi connectivity index (χ2v) is 5.46. The minimum Gasteiger partial charge on any atom is -0.309 e. The van der Waals surface area contributed by atoms with E-state index in [0.717, 1.165) is 0 Å². The zero-order valence-electron chi connectivity index (χ0n) is 12.2. The number of anilines is 1. The predicted octanol–water partition coefficient (Wildman–Crippen LogP) is 0.497. The van der Waals surface area contributed by atoms with Crippen molar-refractivity contribution < 1.29 is 19.6 Å². The summed E-state index contributed by atoms with van der Waals surface area (Å²) < 4.78 is 0. The Bertz CT molecular complexity index is 623. The van der Waals surface area contributed by atoms with Crippen molar-refractivity contribution in [3.8, 4) is 0 Å². The molecule has 122 valence electrons. The summed E-state index contributed by atoms with van der Waals surface area (Å²) in [4.78, 5) is 37.0. The molecule has 23 heavy (non-hydrogen) atoms. The third-order valence-corrected chi connectivity index (χ3v) is 3.98. The maximum atomic E-state index is 12.1. The molecule has 2 saturated heterocycles. The molecule has 2 aliphatic rings. The molecule has 1 aromatic rings. The smallest absolute Gasteiger partial charge is 0.309 e. The third-order valence-electron chi connectivity index (χ3n) is 3.98. The molecule has 0 saturated carbocycles. The zero-order chi connectivity index (χ0) is 16.4. The van der Waals surface area contributed by atoms with Gasteiger partial charge in [-0.15, -0.1) is 0 Å². The maximum Gasteiger partial charge on any atom is 0.344 e. The third kappa shape index (κ3) is 3.04. The molecular weight excluding hydrogens is 302 g/mol. The lowest BCUT2D eigenvalue weighted by Crippen LogP contribution is -2.54. The average Bonchev–Trinajstić information content (AvgIpc) is 2.78. The van der Waals surface area contributed by atoms with Gasteiger partial charge in [0.05, 0.1) is 6.04 Å². The topological polar surface area (TPSA) is 114 Å². The lowest BCUT2D eigenvalue weighted by atomic mass is 10.0. The Labute approximate surface area is 132 Å². The van der Waals surface area contributed by atoms with Gasteiger partial charge in [0.2, 0.25) is 0 Å². The summed E-state index contributed by atoms with van der Waals surface area (Å²) in [5, 5.41) is 12.8. The Morgan fingerprint density at radius 1 is 1.13 bits per heavy atom. The number of nitrogens with one attached hydrogen (secondary N) is 3. The first kappa shape index (κ1) is 15.1. The fraction of sp³-hybridized carbons (Fsp3) is 0.357. The summed E-state index contributed by atoms with van der Waals surface area (Å²) >= 11 is 0. The van der Waals surface area contributed by atoms with Gasteiger partial charge < -0.3 is 10.2 Å². The molecule has 0 radical (unpaired) electrons. The number of rotatable bonds is 2. The molecule has 4 N–H and O–H groups in total. The van der Waals surface area contributed by atoms with Crippen LogP contribution in [0.1, 0.15) is 12.8 Å². The van der Waals surface area contributed by atoms with Crippen molar-refractivity contribution in [3.63, 3.8) is 0 Å². The molecule has 1 aromatic carbocycles. The van der Waals surface area contributed by atoms with Crippen molar-refractivity contribution in [2.45, 2.75) is 24.9 Å². The number of para-hydroxylation sites is 1. The van der Waals surface area contributed by atoms with Crippen LogP contribution in [0.4, 0.5) is 15.3 Å². The highest BCUT2D eigenvalue weighted by Crippen LogP contribution is 2.28. The van der Waals surface area contributed by atoms with Crippen LogP contribution in [0.25, 0.3) is 0 Å². The zero-order valence-corrected chi connectivity index (χ0v) is 12.2. The van der Waals surface area contributed by atoms with Gasteiger partial charge in [-0.2, -0.15) is 0 Å². The standard InChI is InChI=1S/C14H17N5O4/c20-12(11-7-6-10-8-18(11)14(22)19(10)23)16-17-13(21)15-9-4-2-1-3-5-9/h1-5,10-11,23H,6-8H2,(H,16,20)(H2,15,17,21)/t10-,11+/m1/s1. The average molecular weight is 319 g/mol. The Kier molecular flexibility index (Phi) is 4.02. The summed E-state index contributed by atoms with van der Waals surface area (Å²) in [5.74, 6) is -0.490. The van der Waals surface area contributed by atoms with Gasteiger partial charge in [-0.25, -0.2) is 20.1 Å². The fourth-order valence-corrected chi connectivity index (χ4v) is 2.81. The van der Waals surface area contributed by atoms with Crippen LogP contribution in [-0.2, 0) is 4.79 Å². The number of carbonyl (C=O) groups is 3. The number of amides is 5. The highest BCUT2D eigenvalue weighted by Gasteiger charge is 2.46. The van der Waals surface area contributed by atoms with Gasteiger partial charge in [-0.3, -0.25) is 15.4 Å². The number of hydrogen-bond acceptors (Lipinski definition) is 4. The van der Waals surface area contributed by atoms with E-state index in [0.29, 0.717) is 30.1 Å². The first-order chi connectivity index (χ1) is 11.1. The summed E-state index contributed by atoms with van der Waals surface area (Å²) in [7, 11) is 0. The first-order valence-corrected chi connectivity index (χ1v) is 7.27. The van der Waals surface area contributed by atoms with E-state index in [1.54, 1.807) is 24.3 Å². The number of nitrogens with zero attached hydrogens (tertiary/aromatic N) is 2. The molecule has 2 heterocycles. The highest BCUT2D eigenvalue weighted by molar-refractivity contribution is 5.93. The van der Waals surface area contributed by atoms with E-state index < -0.39 is 24.0 Å². The van der Waals surface area contributed by atoms with Crippen LogP contribution < -0.4 is 16.2 Å². The summed E-state index contributed by atoms with van der Waals surface area (Å²) in [6, 6.07) is 6.64. The van der Waals surface area contributed by atoms with Crippen LogP contribution in [0.15, 0.2) is 30.3 Å².